The Hall–Kier alpha value is -2.59. The Bertz CT molecular complexity index is 1150. The van der Waals surface area contributed by atoms with E-state index in [9.17, 15) is 8.42 Å². The lowest BCUT2D eigenvalue weighted by molar-refractivity contribution is 0.602. The van der Waals surface area contributed by atoms with Crippen molar-refractivity contribution >= 4 is 44.1 Å². The van der Waals surface area contributed by atoms with Crippen LogP contribution >= 0.6 is 11.7 Å². The predicted molar refractivity (Wildman–Crippen MR) is 90.6 cm³/mol. The molecule has 0 saturated carbocycles. The van der Waals surface area contributed by atoms with Crippen LogP contribution in [0.3, 0.4) is 0 Å². The molecule has 4 aromatic rings. The van der Waals surface area contributed by atoms with Gasteiger partial charge in [0, 0.05) is 12.6 Å². The van der Waals surface area contributed by atoms with Crippen molar-refractivity contribution in [1.82, 2.24) is 23.3 Å². The largest absolute Gasteiger partial charge is 0.276 e. The standard InChI is InChI=1S/C14H12N6O2S2/c1-2-12-15-14-10(6-4-8-20(14)16-12)19-24(21,22)11-7-3-5-9-13(11)18-23-17-9/h3-8,19H,2H2,1H3. The summed E-state index contributed by atoms with van der Waals surface area (Å²) >= 11 is 0.980. The molecule has 10 heteroatoms. The minimum Gasteiger partial charge on any atom is -0.276 e. The van der Waals surface area contributed by atoms with Crippen LogP contribution in [-0.4, -0.2) is 31.8 Å². The van der Waals surface area contributed by atoms with Crippen molar-refractivity contribution < 1.29 is 8.42 Å². The number of aryl methyl sites for hydroxylation is 1. The van der Waals surface area contributed by atoms with Gasteiger partial charge in [-0.25, -0.2) is 17.9 Å². The van der Waals surface area contributed by atoms with Crippen molar-refractivity contribution in [3.05, 3.63) is 42.4 Å². The minimum atomic E-state index is -3.83. The first-order chi connectivity index (χ1) is 11.6. The molecule has 0 spiro atoms. The molecule has 8 nitrogen and oxygen atoms in total. The van der Waals surface area contributed by atoms with Gasteiger partial charge in [0.05, 0.1) is 17.4 Å². The second-order valence-corrected chi connectivity index (χ2v) is 7.24. The second kappa shape index (κ2) is 5.49. The smallest absolute Gasteiger partial charge is 0.264 e. The van der Waals surface area contributed by atoms with E-state index in [0.717, 1.165) is 11.7 Å². The van der Waals surface area contributed by atoms with E-state index in [-0.39, 0.29) is 4.90 Å². The Morgan fingerprint density at radius 3 is 2.92 bits per heavy atom. The molecule has 0 atom stereocenters. The first-order valence-electron chi connectivity index (χ1n) is 7.17. The van der Waals surface area contributed by atoms with E-state index in [1.165, 1.54) is 6.07 Å². The number of pyridine rings is 1. The van der Waals surface area contributed by atoms with E-state index in [4.69, 9.17) is 0 Å². The average molecular weight is 360 g/mol. The summed E-state index contributed by atoms with van der Waals surface area (Å²) in [5, 5.41) is 4.29. The first kappa shape index (κ1) is 15.0. The molecule has 0 aliphatic heterocycles. The third kappa shape index (κ3) is 2.39. The van der Waals surface area contributed by atoms with E-state index >= 15 is 0 Å². The Balaban J connectivity index is 1.82. The molecule has 0 saturated heterocycles. The summed E-state index contributed by atoms with van der Waals surface area (Å²) in [4.78, 5) is 4.45. The lowest BCUT2D eigenvalue weighted by Gasteiger charge is -2.08. The first-order valence-corrected chi connectivity index (χ1v) is 9.38. The third-order valence-corrected chi connectivity index (χ3v) is 5.44. The number of benzene rings is 1. The second-order valence-electron chi connectivity index (χ2n) is 5.07. The number of nitrogens with zero attached hydrogens (tertiary/aromatic N) is 5. The lowest BCUT2D eigenvalue weighted by Crippen LogP contribution is -2.14. The van der Waals surface area contributed by atoms with Crippen molar-refractivity contribution in [3.63, 3.8) is 0 Å². The van der Waals surface area contributed by atoms with Crippen molar-refractivity contribution in [2.24, 2.45) is 0 Å². The number of nitrogens with one attached hydrogen (secondary N) is 1. The normalized spacial score (nSPS) is 12.0. The number of fused-ring (bicyclic) bond motifs is 2. The van der Waals surface area contributed by atoms with Gasteiger partial charge in [0.25, 0.3) is 10.0 Å². The van der Waals surface area contributed by atoms with Crippen LogP contribution in [0.15, 0.2) is 41.4 Å². The zero-order valence-electron chi connectivity index (χ0n) is 12.5. The van der Waals surface area contributed by atoms with Gasteiger partial charge in [0.2, 0.25) is 0 Å². The molecule has 0 aliphatic rings. The molecule has 4 rings (SSSR count). The van der Waals surface area contributed by atoms with Gasteiger partial charge in [-0.3, -0.25) is 4.72 Å². The Morgan fingerprint density at radius 1 is 1.21 bits per heavy atom. The van der Waals surface area contributed by atoms with Gasteiger partial charge < -0.3 is 0 Å². The van der Waals surface area contributed by atoms with Gasteiger partial charge in [0.1, 0.15) is 15.9 Å². The van der Waals surface area contributed by atoms with Crippen molar-refractivity contribution in [2.45, 2.75) is 18.2 Å². The fourth-order valence-corrected chi connectivity index (χ4v) is 4.21. The fourth-order valence-electron chi connectivity index (χ4n) is 2.38. The molecule has 0 fully saturated rings. The van der Waals surface area contributed by atoms with Crippen molar-refractivity contribution in [1.29, 1.82) is 0 Å². The van der Waals surface area contributed by atoms with Crippen molar-refractivity contribution in [2.75, 3.05) is 4.72 Å². The summed E-state index contributed by atoms with van der Waals surface area (Å²) in [6, 6.07) is 8.24. The van der Waals surface area contributed by atoms with Gasteiger partial charge in [-0.2, -0.15) is 13.8 Å². The molecule has 0 unspecified atom stereocenters. The van der Waals surface area contributed by atoms with Crippen LogP contribution in [0.2, 0.25) is 0 Å². The van der Waals surface area contributed by atoms with E-state index in [1.54, 1.807) is 35.0 Å². The fraction of sp³-hybridized carbons (Fsp3) is 0.143. The van der Waals surface area contributed by atoms with Crippen LogP contribution in [-0.2, 0) is 16.4 Å². The van der Waals surface area contributed by atoms with E-state index in [2.05, 4.69) is 23.6 Å². The van der Waals surface area contributed by atoms with Gasteiger partial charge in [0.15, 0.2) is 11.5 Å². The van der Waals surface area contributed by atoms with Crippen molar-refractivity contribution in [3.8, 4) is 0 Å². The molecule has 24 heavy (non-hydrogen) atoms. The number of anilines is 1. The summed E-state index contributed by atoms with van der Waals surface area (Å²) in [6.45, 7) is 1.94. The summed E-state index contributed by atoms with van der Waals surface area (Å²) in [6.07, 6.45) is 2.39. The van der Waals surface area contributed by atoms with Crippen LogP contribution in [0, 0.1) is 0 Å². The van der Waals surface area contributed by atoms with Crippen LogP contribution in [0.1, 0.15) is 12.7 Å². The Kier molecular flexibility index (Phi) is 3.43. The predicted octanol–water partition coefficient (Wildman–Crippen LogP) is 2.10. The molecular formula is C14H12N6O2S2. The van der Waals surface area contributed by atoms with E-state index in [1.807, 2.05) is 6.92 Å². The Labute approximate surface area is 141 Å². The molecule has 0 amide bonds. The molecule has 1 N–H and O–H groups in total. The number of sulfonamides is 1. The number of rotatable bonds is 4. The number of aromatic nitrogens is 5. The highest BCUT2D eigenvalue weighted by atomic mass is 32.2. The molecule has 1 aromatic carbocycles. The summed E-state index contributed by atoms with van der Waals surface area (Å²) < 4.78 is 37.9. The van der Waals surface area contributed by atoms with Gasteiger partial charge in [-0.05, 0) is 24.3 Å². The molecule has 0 aliphatic carbocycles. The summed E-state index contributed by atoms with van der Waals surface area (Å²) in [5.41, 5.74) is 1.74. The van der Waals surface area contributed by atoms with Crippen LogP contribution < -0.4 is 4.72 Å². The van der Waals surface area contributed by atoms with Crippen LogP contribution in [0.5, 0.6) is 0 Å². The molecule has 0 bridgehead atoms. The maximum atomic E-state index is 12.8. The average Bonchev–Trinajstić information content (AvgIpc) is 3.20. The third-order valence-electron chi connectivity index (χ3n) is 3.51. The van der Waals surface area contributed by atoms with Crippen LogP contribution in [0.4, 0.5) is 5.69 Å². The van der Waals surface area contributed by atoms with E-state index < -0.39 is 10.0 Å². The zero-order valence-corrected chi connectivity index (χ0v) is 14.2. The summed E-state index contributed by atoms with van der Waals surface area (Å²) in [5.74, 6) is 0.646. The highest BCUT2D eigenvalue weighted by molar-refractivity contribution is 7.93. The lowest BCUT2D eigenvalue weighted by atomic mass is 10.3. The maximum Gasteiger partial charge on any atom is 0.264 e. The van der Waals surface area contributed by atoms with Gasteiger partial charge in [-0.15, -0.1) is 0 Å². The zero-order chi connectivity index (χ0) is 16.7. The quantitative estimate of drug-likeness (QED) is 0.598. The number of hydrogen-bond donors (Lipinski definition) is 1. The number of hydrogen-bond acceptors (Lipinski definition) is 7. The monoisotopic (exact) mass is 360 g/mol. The van der Waals surface area contributed by atoms with Gasteiger partial charge in [-0.1, -0.05) is 13.0 Å². The Morgan fingerprint density at radius 2 is 2.08 bits per heavy atom. The van der Waals surface area contributed by atoms with Gasteiger partial charge >= 0.3 is 0 Å². The maximum absolute atomic E-state index is 12.8. The topological polar surface area (TPSA) is 102 Å². The minimum absolute atomic E-state index is 0.0889. The molecule has 122 valence electrons. The summed E-state index contributed by atoms with van der Waals surface area (Å²) in [7, 11) is -3.83. The van der Waals surface area contributed by atoms with Crippen LogP contribution in [0.25, 0.3) is 16.7 Å². The highest BCUT2D eigenvalue weighted by Gasteiger charge is 2.21. The molecule has 0 radical (unpaired) electrons. The SMILES string of the molecule is CCc1nc2c(NS(=O)(=O)c3cccc4nsnc34)cccn2n1. The highest BCUT2D eigenvalue weighted by Crippen LogP contribution is 2.25. The molecule has 3 aromatic heterocycles. The van der Waals surface area contributed by atoms with E-state index in [0.29, 0.717) is 34.6 Å². The molecule has 3 heterocycles. The molecular weight excluding hydrogens is 348 g/mol.